The number of nitrogens with zero attached hydrogens (tertiary/aromatic N) is 1. The van der Waals surface area contributed by atoms with E-state index in [1.807, 2.05) is 13.8 Å². The number of carbonyl (C=O) groups is 1. The first-order valence-corrected chi connectivity index (χ1v) is 8.76. The second-order valence-corrected chi connectivity index (χ2v) is 7.47. The van der Waals surface area contributed by atoms with Crippen LogP contribution in [0.3, 0.4) is 0 Å². The van der Waals surface area contributed by atoms with Crippen molar-refractivity contribution in [3.8, 4) is 0 Å². The summed E-state index contributed by atoms with van der Waals surface area (Å²) in [5, 5.41) is 23.8. The standard InChI is InChI=1S/C18H30NO3/c1-5-7-9-13-14(10-8-6-2)18(13,16(20)21)15-11-12-17(3,4)19(15)22/h15H,5-12H2,1-4H3,(H,20,21). The number of unbranched alkanes of at least 4 members (excludes halogenated alkanes) is 2. The molecule has 0 aromatic heterocycles. The van der Waals surface area contributed by atoms with Crippen molar-refractivity contribution in [3.05, 3.63) is 11.1 Å². The van der Waals surface area contributed by atoms with Gasteiger partial charge in [0.25, 0.3) is 0 Å². The van der Waals surface area contributed by atoms with E-state index < -0.39 is 23.0 Å². The van der Waals surface area contributed by atoms with Gasteiger partial charge >= 0.3 is 5.97 Å². The largest absolute Gasteiger partial charge is 0.480 e. The molecule has 1 heterocycles. The molecular formula is C18H30NO3. The lowest BCUT2D eigenvalue weighted by atomic mass is 9.84. The van der Waals surface area contributed by atoms with Gasteiger partial charge < -0.3 is 5.11 Å². The molecule has 125 valence electrons. The summed E-state index contributed by atoms with van der Waals surface area (Å²) in [4.78, 5) is 12.2. The van der Waals surface area contributed by atoms with Gasteiger partial charge in [-0.15, -0.1) is 10.3 Å². The first kappa shape index (κ1) is 17.5. The van der Waals surface area contributed by atoms with Crippen molar-refractivity contribution in [1.29, 1.82) is 0 Å². The molecule has 0 aromatic carbocycles. The van der Waals surface area contributed by atoms with Crippen molar-refractivity contribution in [3.63, 3.8) is 0 Å². The molecule has 1 N–H and O–H groups in total. The highest BCUT2D eigenvalue weighted by Gasteiger charge is 2.67. The number of hydrogen-bond donors (Lipinski definition) is 1. The highest BCUT2D eigenvalue weighted by Crippen LogP contribution is 2.63. The zero-order valence-corrected chi connectivity index (χ0v) is 14.4. The molecule has 1 saturated heterocycles. The lowest BCUT2D eigenvalue weighted by molar-refractivity contribution is -0.232. The fourth-order valence-corrected chi connectivity index (χ4v) is 4.15. The van der Waals surface area contributed by atoms with Gasteiger partial charge in [0.2, 0.25) is 0 Å². The van der Waals surface area contributed by atoms with Crippen LogP contribution in [0, 0.1) is 5.41 Å². The molecule has 4 heteroatoms. The molecule has 1 aliphatic carbocycles. The van der Waals surface area contributed by atoms with Crippen LogP contribution in [0.25, 0.3) is 0 Å². The predicted octanol–water partition coefficient (Wildman–Crippen LogP) is 4.34. The Hall–Kier alpha value is -0.870. The maximum Gasteiger partial charge on any atom is 0.319 e. The zero-order chi connectivity index (χ0) is 16.5. The average Bonchev–Trinajstić information content (AvgIpc) is 3.02. The summed E-state index contributed by atoms with van der Waals surface area (Å²) >= 11 is 0. The third-order valence-corrected chi connectivity index (χ3v) is 5.56. The van der Waals surface area contributed by atoms with E-state index in [-0.39, 0.29) is 0 Å². The molecule has 1 fully saturated rings. The maximum atomic E-state index is 12.7. The molecule has 1 aliphatic heterocycles. The van der Waals surface area contributed by atoms with Gasteiger partial charge in [0.15, 0.2) is 0 Å². The van der Waals surface area contributed by atoms with Gasteiger partial charge in [-0.25, -0.2) is 0 Å². The number of rotatable bonds is 8. The summed E-state index contributed by atoms with van der Waals surface area (Å²) in [6, 6.07) is -0.404. The number of carboxylic acids is 1. The summed E-state index contributed by atoms with van der Waals surface area (Å²) < 4.78 is 0. The fourth-order valence-electron chi connectivity index (χ4n) is 4.15. The van der Waals surface area contributed by atoms with Gasteiger partial charge in [-0.1, -0.05) is 26.7 Å². The number of aliphatic carboxylic acids is 1. The Morgan fingerprint density at radius 2 is 1.68 bits per heavy atom. The van der Waals surface area contributed by atoms with Crippen LogP contribution in [0.15, 0.2) is 11.1 Å². The van der Waals surface area contributed by atoms with Crippen molar-refractivity contribution in [2.24, 2.45) is 5.41 Å². The molecule has 0 bridgehead atoms. The van der Waals surface area contributed by atoms with E-state index in [2.05, 4.69) is 13.8 Å². The lowest BCUT2D eigenvalue weighted by Gasteiger charge is -2.32. The van der Waals surface area contributed by atoms with E-state index in [4.69, 9.17) is 0 Å². The van der Waals surface area contributed by atoms with Crippen LogP contribution in [0.2, 0.25) is 0 Å². The van der Waals surface area contributed by atoms with E-state index in [0.29, 0.717) is 6.42 Å². The Balaban J connectivity index is 2.27. The van der Waals surface area contributed by atoms with Crippen LogP contribution in [-0.4, -0.2) is 27.7 Å². The maximum absolute atomic E-state index is 12.7. The zero-order valence-electron chi connectivity index (χ0n) is 14.4. The molecule has 2 rings (SSSR count). The molecule has 1 unspecified atom stereocenters. The lowest BCUT2D eigenvalue weighted by Crippen LogP contribution is -2.47. The Morgan fingerprint density at radius 1 is 1.18 bits per heavy atom. The Kier molecular flexibility index (Phi) is 5.03. The van der Waals surface area contributed by atoms with E-state index in [1.165, 1.54) is 0 Å². The van der Waals surface area contributed by atoms with Crippen LogP contribution in [-0.2, 0) is 10.0 Å². The minimum absolute atomic E-state index is 0.404. The minimum Gasteiger partial charge on any atom is -0.480 e. The summed E-state index contributed by atoms with van der Waals surface area (Å²) in [5.41, 5.74) is 0.749. The molecular weight excluding hydrogens is 278 g/mol. The Labute approximate surface area is 134 Å². The normalized spacial score (nSPS) is 26.5. The first-order chi connectivity index (χ1) is 10.3. The smallest absolute Gasteiger partial charge is 0.319 e. The third kappa shape index (κ3) is 2.61. The molecule has 0 amide bonds. The van der Waals surface area contributed by atoms with E-state index in [9.17, 15) is 15.1 Å². The average molecular weight is 308 g/mol. The summed E-state index contributed by atoms with van der Waals surface area (Å²) in [6.07, 6.45) is 7.27. The molecule has 0 saturated carbocycles. The highest BCUT2D eigenvalue weighted by atomic mass is 16.5. The topological polar surface area (TPSA) is 60.4 Å². The predicted molar refractivity (Wildman–Crippen MR) is 85.8 cm³/mol. The van der Waals surface area contributed by atoms with E-state index >= 15 is 0 Å². The summed E-state index contributed by atoms with van der Waals surface area (Å²) in [6.45, 7) is 8.09. The molecule has 22 heavy (non-hydrogen) atoms. The van der Waals surface area contributed by atoms with Crippen molar-refractivity contribution < 1.29 is 15.1 Å². The molecule has 0 spiro atoms. The summed E-state index contributed by atoms with van der Waals surface area (Å²) in [5.74, 6) is -0.798. The van der Waals surface area contributed by atoms with Crippen molar-refractivity contribution in [2.75, 3.05) is 0 Å². The monoisotopic (exact) mass is 308 g/mol. The number of hydrogen-bond acceptors (Lipinski definition) is 2. The first-order valence-electron chi connectivity index (χ1n) is 8.76. The fraction of sp³-hybridized carbons (Fsp3) is 0.833. The second kappa shape index (κ2) is 6.32. The van der Waals surface area contributed by atoms with Gasteiger partial charge in [0, 0.05) is 5.54 Å². The number of carboxylic acid groups (broad SMARTS) is 1. The van der Waals surface area contributed by atoms with Gasteiger partial charge in [-0.05, 0) is 63.5 Å². The number of hydroxylamine groups is 2. The van der Waals surface area contributed by atoms with Crippen LogP contribution in [0.4, 0.5) is 0 Å². The molecule has 0 aromatic rings. The van der Waals surface area contributed by atoms with Crippen molar-refractivity contribution >= 4 is 5.97 Å². The molecule has 2 aliphatic rings. The Morgan fingerprint density at radius 3 is 2.00 bits per heavy atom. The summed E-state index contributed by atoms with van der Waals surface area (Å²) in [7, 11) is 0. The van der Waals surface area contributed by atoms with Gasteiger partial charge in [0.1, 0.15) is 5.41 Å². The van der Waals surface area contributed by atoms with Crippen LogP contribution < -0.4 is 0 Å². The molecule has 1 radical (unpaired) electrons. The second-order valence-electron chi connectivity index (χ2n) is 7.47. The Bertz CT molecular complexity index is 449. The molecule has 4 nitrogen and oxygen atoms in total. The van der Waals surface area contributed by atoms with E-state index in [1.54, 1.807) is 0 Å². The van der Waals surface area contributed by atoms with Crippen molar-refractivity contribution in [2.45, 2.75) is 90.6 Å². The third-order valence-electron chi connectivity index (χ3n) is 5.56. The van der Waals surface area contributed by atoms with Crippen molar-refractivity contribution in [1.82, 2.24) is 5.06 Å². The van der Waals surface area contributed by atoms with E-state index in [0.717, 1.165) is 61.2 Å². The SMILES string of the molecule is CCCCC1=C(CCCC)C1(C(=O)O)C1CCC(C)(C)N1[O]. The van der Waals surface area contributed by atoms with Crippen LogP contribution >= 0.6 is 0 Å². The highest BCUT2D eigenvalue weighted by molar-refractivity contribution is 5.91. The quantitative estimate of drug-likeness (QED) is 0.679. The van der Waals surface area contributed by atoms with Gasteiger partial charge in [-0.2, -0.15) is 0 Å². The van der Waals surface area contributed by atoms with Gasteiger partial charge in [-0.3, -0.25) is 4.79 Å². The van der Waals surface area contributed by atoms with Crippen LogP contribution in [0.1, 0.15) is 79.1 Å². The molecule has 1 atom stereocenters. The van der Waals surface area contributed by atoms with Crippen LogP contribution in [0.5, 0.6) is 0 Å². The van der Waals surface area contributed by atoms with Gasteiger partial charge in [0.05, 0.1) is 6.04 Å². The minimum atomic E-state index is -0.945.